The molecule has 0 unspecified atom stereocenters. The summed E-state index contributed by atoms with van der Waals surface area (Å²) in [5.74, 6) is 0. The van der Waals surface area contributed by atoms with Crippen LogP contribution in [0.5, 0.6) is 0 Å². The Morgan fingerprint density at radius 3 is 2.53 bits per heavy atom. The molecule has 0 bridgehead atoms. The predicted octanol–water partition coefficient (Wildman–Crippen LogP) is 2.35. The van der Waals surface area contributed by atoms with Gasteiger partial charge in [-0.25, -0.2) is 0 Å². The Morgan fingerprint density at radius 1 is 1.33 bits per heavy atom. The zero-order valence-corrected chi connectivity index (χ0v) is 9.39. The lowest BCUT2D eigenvalue weighted by atomic mass is 10.2. The highest BCUT2D eigenvalue weighted by Gasteiger charge is 2.31. The molecule has 1 fully saturated rings. The summed E-state index contributed by atoms with van der Waals surface area (Å²) in [6, 6.07) is 11.3. The zero-order chi connectivity index (χ0) is 10.7. The normalized spacial score (nSPS) is 18.1. The first-order valence-electron chi connectivity index (χ1n) is 5.86. The van der Waals surface area contributed by atoms with Crippen LogP contribution in [0, 0.1) is 0 Å². The molecule has 2 N–H and O–H groups in total. The molecule has 2 nitrogen and oxygen atoms in total. The number of hydrogen-bond donors (Lipinski definition) is 1. The van der Waals surface area contributed by atoms with Crippen LogP contribution in [-0.4, -0.2) is 17.1 Å². The molecule has 1 aliphatic rings. The van der Waals surface area contributed by atoms with E-state index in [4.69, 9.17) is 5.73 Å². The van der Waals surface area contributed by atoms with E-state index in [-0.39, 0.29) is 6.17 Å². The first-order valence-corrected chi connectivity index (χ1v) is 5.86. The van der Waals surface area contributed by atoms with Crippen molar-refractivity contribution in [2.75, 3.05) is 0 Å². The third-order valence-electron chi connectivity index (χ3n) is 3.07. The second kappa shape index (κ2) is 4.77. The summed E-state index contributed by atoms with van der Waals surface area (Å²) in [4.78, 5) is 2.44. The molecular formula is C13H20N2. The Labute approximate surface area is 92.1 Å². The van der Waals surface area contributed by atoms with Crippen molar-refractivity contribution in [1.82, 2.24) is 4.90 Å². The summed E-state index contributed by atoms with van der Waals surface area (Å²) >= 11 is 0. The van der Waals surface area contributed by atoms with Gasteiger partial charge < -0.3 is 5.73 Å². The second-order valence-electron chi connectivity index (χ2n) is 4.36. The highest BCUT2D eigenvalue weighted by Crippen LogP contribution is 2.29. The van der Waals surface area contributed by atoms with Crippen molar-refractivity contribution in [3.63, 3.8) is 0 Å². The number of nitrogens with zero attached hydrogens (tertiary/aromatic N) is 1. The van der Waals surface area contributed by atoms with Crippen LogP contribution in [0.3, 0.4) is 0 Å². The maximum atomic E-state index is 6.13. The van der Waals surface area contributed by atoms with E-state index in [9.17, 15) is 0 Å². The van der Waals surface area contributed by atoms with Gasteiger partial charge in [-0.1, -0.05) is 37.3 Å². The minimum absolute atomic E-state index is 0.220. The van der Waals surface area contributed by atoms with Crippen molar-refractivity contribution in [1.29, 1.82) is 0 Å². The highest BCUT2D eigenvalue weighted by atomic mass is 15.3. The van der Waals surface area contributed by atoms with Crippen LogP contribution in [0.25, 0.3) is 0 Å². The number of nitrogens with two attached hydrogens (primary N) is 1. The van der Waals surface area contributed by atoms with Crippen molar-refractivity contribution in [3.05, 3.63) is 35.9 Å². The molecule has 0 aromatic heterocycles. The van der Waals surface area contributed by atoms with E-state index in [1.807, 2.05) is 0 Å². The Bertz CT molecular complexity index is 293. The maximum Gasteiger partial charge on any atom is 0.0574 e. The standard InChI is InChI=1S/C13H20N2/c1-2-13(14)15(12-8-9-12)10-11-6-4-3-5-7-11/h3-7,12-13H,2,8-10,14H2,1H3/t13-/m1/s1. The van der Waals surface area contributed by atoms with E-state index in [2.05, 4.69) is 42.2 Å². The van der Waals surface area contributed by atoms with Crippen LogP contribution < -0.4 is 5.73 Å². The van der Waals surface area contributed by atoms with E-state index in [0.29, 0.717) is 0 Å². The summed E-state index contributed by atoms with van der Waals surface area (Å²) in [7, 11) is 0. The molecule has 0 saturated heterocycles. The van der Waals surface area contributed by atoms with Gasteiger partial charge in [0.1, 0.15) is 0 Å². The fraction of sp³-hybridized carbons (Fsp3) is 0.538. The molecule has 1 atom stereocenters. The third kappa shape index (κ3) is 2.80. The first-order chi connectivity index (χ1) is 7.31. The largest absolute Gasteiger partial charge is 0.316 e. The monoisotopic (exact) mass is 204 g/mol. The smallest absolute Gasteiger partial charge is 0.0574 e. The van der Waals surface area contributed by atoms with Crippen LogP contribution in [0.15, 0.2) is 30.3 Å². The molecule has 0 amide bonds. The molecule has 0 radical (unpaired) electrons. The van der Waals surface area contributed by atoms with Gasteiger partial charge in [0.2, 0.25) is 0 Å². The molecule has 15 heavy (non-hydrogen) atoms. The molecular weight excluding hydrogens is 184 g/mol. The van der Waals surface area contributed by atoms with Gasteiger partial charge in [0.15, 0.2) is 0 Å². The highest BCUT2D eigenvalue weighted by molar-refractivity contribution is 5.15. The fourth-order valence-electron chi connectivity index (χ4n) is 1.95. The van der Waals surface area contributed by atoms with E-state index < -0.39 is 0 Å². The van der Waals surface area contributed by atoms with Gasteiger partial charge in [0, 0.05) is 12.6 Å². The summed E-state index contributed by atoms with van der Waals surface area (Å²) in [5, 5.41) is 0. The second-order valence-corrected chi connectivity index (χ2v) is 4.36. The number of benzene rings is 1. The minimum Gasteiger partial charge on any atom is -0.316 e. The lowest BCUT2D eigenvalue weighted by Crippen LogP contribution is -2.42. The Morgan fingerprint density at radius 2 is 2.00 bits per heavy atom. The van der Waals surface area contributed by atoms with Gasteiger partial charge in [0.25, 0.3) is 0 Å². The van der Waals surface area contributed by atoms with E-state index in [1.165, 1.54) is 18.4 Å². The fourth-order valence-corrected chi connectivity index (χ4v) is 1.95. The molecule has 1 aromatic carbocycles. The predicted molar refractivity (Wildman–Crippen MR) is 63.3 cm³/mol. The first kappa shape index (κ1) is 10.7. The summed E-state index contributed by atoms with van der Waals surface area (Å²) in [6.45, 7) is 3.16. The number of rotatable bonds is 5. The average molecular weight is 204 g/mol. The van der Waals surface area contributed by atoms with E-state index in [1.54, 1.807) is 0 Å². The molecule has 0 aliphatic heterocycles. The van der Waals surface area contributed by atoms with Crippen LogP contribution in [0.4, 0.5) is 0 Å². The van der Waals surface area contributed by atoms with Gasteiger partial charge in [0.05, 0.1) is 6.17 Å². The molecule has 0 heterocycles. The van der Waals surface area contributed by atoms with Crippen LogP contribution in [0.2, 0.25) is 0 Å². The van der Waals surface area contributed by atoms with Crippen molar-refractivity contribution >= 4 is 0 Å². The average Bonchev–Trinajstić information content (AvgIpc) is 3.10. The number of hydrogen-bond acceptors (Lipinski definition) is 2. The molecule has 2 heteroatoms. The van der Waals surface area contributed by atoms with E-state index >= 15 is 0 Å². The minimum atomic E-state index is 0.220. The van der Waals surface area contributed by atoms with Gasteiger partial charge in [-0.05, 0) is 24.8 Å². The van der Waals surface area contributed by atoms with Gasteiger partial charge >= 0.3 is 0 Å². The van der Waals surface area contributed by atoms with E-state index in [0.717, 1.165) is 19.0 Å². The Balaban J connectivity index is 2.00. The van der Waals surface area contributed by atoms with Crippen molar-refractivity contribution in [2.24, 2.45) is 5.73 Å². The van der Waals surface area contributed by atoms with Gasteiger partial charge in [-0.15, -0.1) is 0 Å². The zero-order valence-electron chi connectivity index (χ0n) is 9.39. The molecule has 2 rings (SSSR count). The van der Waals surface area contributed by atoms with Crippen LogP contribution in [-0.2, 0) is 6.54 Å². The molecule has 1 aliphatic carbocycles. The summed E-state index contributed by atoms with van der Waals surface area (Å²) in [5.41, 5.74) is 7.50. The Kier molecular flexibility index (Phi) is 3.39. The molecule has 82 valence electrons. The van der Waals surface area contributed by atoms with Gasteiger partial charge in [-0.2, -0.15) is 0 Å². The van der Waals surface area contributed by atoms with Crippen molar-refractivity contribution < 1.29 is 0 Å². The molecule has 1 saturated carbocycles. The lowest BCUT2D eigenvalue weighted by molar-refractivity contribution is 0.176. The van der Waals surface area contributed by atoms with Crippen molar-refractivity contribution in [2.45, 2.75) is 44.9 Å². The molecule has 0 spiro atoms. The summed E-state index contributed by atoms with van der Waals surface area (Å²) < 4.78 is 0. The topological polar surface area (TPSA) is 29.3 Å². The maximum absolute atomic E-state index is 6.13. The Hall–Kier alpha value is -0.860. The summed E-state index contributed by atoms with van der Waals surface area (Å²) in [6.07, 6.45) is 3.89. The van der Waals surface area contributed by atoms with Crippen LogP contribution in [0.1, 0.15) is 31.7 Å². The van der Waals surface area contributed by atoms with Crippen LogP contribution >= 0.6 is 0 Å². The SMILES string of the molecule is CC[C@H](N)N(Cc1ccccc1)C1CC1. The third-order valence-corrected chi connectivity index (χ3v) is 3.07. The van der Waals surface area contributed by atoms with Crippen molar-refractivity contribution in [3.8, 4) is 0 Å². The molecule has 1 aromatic rings. The quantitative estimate of drug-likeness (QED) is 0.746. The van der Waals surface area contributed by atoms with Gasteiger partial charge in [-0.3, -0.25) is 4.90 Å². The lowest BCUT2D eigenvalue weighted by Gasteiger charge is -2.28.